The van der Waals surface area contributed by atoms with E-state index in [1.165, 1.54) is 17.5 Å². The number of H-pyrrole nitrogens is 1. The molecule has 0 fully saturated rings. The molecule has 3 rings (SSSR count). The predicted octanol–water partition coefficient (Wildman–Crippen LogP) is 1.34. The number of aromatic nitrogens is 1. The summed E-state index contributed by atoms with van der Waals surface area (Å²) in [5.41, 5.74) is 7.64. The summed E-state index contributed by atoms with van der Waals surface area (Å²) in [7, 11) is 0. The molecular weight excluding hydrogens is 282 g/mol. The minimum Gasteiger partial charge on any atom is -0.484 e. The lowest BCUT2D eigenvalue weighted by molar-refractivity contribution is -0.123. The minimum absolute atomic E-state index is 0.149. The maximum atomic E-state index is 11.7. The molecule has 0 bridgehead atoms. The molecule has 0 atom stereocenters. The Bertz CT molecular complexity index is 680. The number of nitrogens with one attached hydrogen (secondary N) is 3. The standard InChI is InChI=1S/C16H17N3O3/c20-15(18-19-16(21)14-5-2-8-17-14)10-22-13-7-6-11-3-1-4-12(11)9-13/h2,5-9,17H,1,3-4,10H2,(H,18,20)(H,19,21). The highest BCUT2D eigenvalue weighted by molar-refractivity contribution is 5.93. The van der Waals surface area contributed by atoms with Crippen LogP contribution in [0.25, 0.3) is 0 Å². The second-order valence-corrected chi connectivity index (χ2v) is 5.16. The maximum Gasteiger partial charge on any atom is 0.286 e. The van der Waals surface area contributed by atoms with Crippen LogP contribution in [-0.4, -0.2) is 23.4 Å². The number of amides is 2. The molecule has 22 heavy (non-hydrogen) atoms. The fourth-order valence-corrected chi connectivity index (χ4v) is 2.49. The zero-order chi connectivity index (χ0) is 15.4. The number of hydrogen-bond donors (Lipinski definition) is 3. The van der Waals surface area contributed by atoms with E-state index in [2.05, 4.69) is 15.8 Å². The molecule has 0 saturated carbocycles. The smallest absolute Gasteiger partial charge is 0.286 e. The molecule has 6 heteroatoms. The zero-order valence-corrected chi connectivity index (χ0v) is 12.0. The van der Waals surface area contributed by atoms with Gasteiger partial charge in [0.15, 0.2) is 6.61 Å². The predicted molar refractivity (Wildman–Crippen MR) is 80.4 cm³/mol. The van der Waals surface area contributed by atoms with E-state index in [9.17, 15) is 9.59 Å². The van der Waals surface area contributed by atoms with Crippen molar-refractivity contribution in [2.24, 2.45) is 0 Å². The number of hydrogen-bond acceptors (Lipinski definition) is 3. The molecule has 0 radical (unpaired) electrons. The number of hydrazine groups is 1. The van der Waals surface area contributed by atoms with E-state index in [-0.39, 0.29) is 6.61 Å². The fraction of sp³-hybridized carbons (Fsp3) is 0.250. The maximum absolute atomic E-state index is 11.7. The van der Waals surface area contributed by atoms with Crippen molar-refractivity contribution in [1.29, 1.82) is 0 Å². The number of ether oxygens (including phenoxy) is 1. The Labute approximate surface area is 127 Å². The van der Waals surface area contributed by atoms with E-state index in [1.54, 1.807) is 18.3 Å². The SMILES string of the molecule is O=C(COc1ccc2c(c1)CCC2)NNC(=O)c1ccc[nH]1. The van der Waals surface area contributed by atoms with Crippen molar-refractivity contribution in [2.45, 2.75) is 19.3 Å². The van der Waals surface area contributed by atoms with Crippen molar-refractivity contribution in [3.63, 3.8) is 0 Å². The lowest BCUT2D eigenvalue weighted by Gasteiger charge is -2.09. The minimum atomic E-state index is -0.416. The summed E-state index contributed by atoms with van der Waals surface area (Å²) >= 11 is 0. The van der Waals surface area contributed by atoms with Crippen LogP contribution in [0.3, 0.4) is 0 Å². The Kier molecular flexibility index (Phi) is 4.09. The Hall–Kier alpha value is -2.76. The van der Waals surface area contributed by atoms with Gasteiger partial charge in [-0.25, -0.2) is 0 Å². The lowest BCUT2D eigenvalue weighted by atomic mass is 10.1. The van der Waals surface area contributed by atoms with Crippen LogP contribution < -0.4 is 15.6 Å². The third-order valence-corrected chi connectivity index (χ3v) is 3.60. The molecule has 1 aliphatic rings. The van der Waals surface area contributed by atoms with E-state index >= 15 is 0 Å². The van der Waals surface area contributed by atoms with Gasteiger partial charge in [0.1, 0.15) is 11.4 Å². The quantitative estimate of drug-likeness (QED) is 0.745. The monoisotopic (exact) mass is 299 g/mol. The molecule has 0 saturated heterocycles. The molecule has 114 valence electrons. The van der Waals surface area contributed by atoms with E-state index in [1.807, 2.05) is 18.2 Å². The summed E-state index contributed by atoms with van der Waals surface area (Å²) in [6.45, 7) is -0.149. The molecular formula is C16H17N3O3. The largest absolute Gasteiger partial charge is 0.484 e. The first-order valence-corrected chi connectivity index (χ1v) is 7.19. The fourth-order valence-electron chi connectivity index (χ4n) is 2.49. The number of benzene rings is 1. The summed E-state index contributed by atoms with van der Waals surface area (Å²) in [4.78, 5) is 26.0. The third kappa shape index (κ3) is 3.28. The van der Waals surface area contributed by atoms with Gasteiger partial charge in [0.05, 0.1) is 0 Å². The van der Waals surface area contributed by atoms with E-state index in [4.69, 9.17) is 4.74 Å². The number of carbonyl (C=O) groups excluding carboxylic acids is 2. The molecule has 1 aliphatic carbocycles. The van der Waals surface area contributed by atoms with Crippen LogP contribution in [0.1, 0.15) is 28.0 Å². The zero-order valence-electron chi connectivity index (χ0n) is 12.0. The van der Waals surface area contributed by atoms with Crippen LogP contribution in [0.2, 0.25) is 0 Å². The van der Waals surface area contributed by atoms with Gasteiger partial charge in [-0.3, -0.25) is 20.4 Å². The Balaban J connectivity index is 1.45. The average Bonchev–Trinajstić information content (AvgIpc) is 3.20. The second kappa shape index (κ2) is 6.34. The second-order valence-electron chi connectivity index (χ2n) is 5.16. The van der Waals surface area contributed by atoms with Crippen LogP contribution in [0, 0.1) is 0 Å². The van der Waals surface area contributed by atoms with Gasteiger partial charge < -0.3 is 9.72 Å². The number of rotatable bonds is 4. The van der Waals surface area contributed by atoms with Gasteiger partial charge in [0.25, 0.3) is 11.8 Å². The third-order valence-electron chi connectivity index (χ3n) is 3.60. The average molecular weight is 299 g/mol. The van der Waals surface area contributed by atoms with Crippen LogP contribution in [0.4, 0.5) is 0 Å². The topological polar surface area (TPSA) is 83.2 Å². The molecule has 0 aliphatic heterocycles. The highest BCUT2D eigenvalue weighted by atomic mass is 16.5. The van der Waals surface area contributed by atoms with E-state index in [0.717, 1.165) is 12.8 Å². The molecule has 1 aromatic carbocycles. The summed E-state index contributed by atoms with van der Waals surface area (Å²) in [5, 5.41) is 0. The first-order chi connectivity index (χ1) is 10.7. The van der Waals surface area contributed by atoms with Crippen LogP contribution in [-0.2, 0) is 17.6 Å². The highest BCUT2D eigenvalue weighted by Gasteiger charge is 2.12. The van der Waals surface area contributed by atoms with Crippen molar-refractivity contribution in [3.05, 3.63) is 53.3 Å². The Morgan fingerprint density at radius 3 is 2.82 bits per heavy atom. The number of aromatic amines is 1. The molecule has 2 amide bonds. The first kappa shape index (κ1) is 14.2. The van der Waals surface area contributed by atoms with Crippen LogP contribution >= 0.6 is 0 Å². The van der Waals surface area contributed by atoms with Gasteiger partial charge >= 0.3 is 0 Å². The lowest BCUT2D eigenvalue weighted by Crippen LogP contribution is -2.43. The van der Waals surface area contributed by atoms with E-state index in [0.29, 0.717) is 11.4 Å². The van der Waals surface area contributed by atoms with Gasteiger partial charge in [0.2, 0.25) is 0 Å². The molecule has 0 spiro atoms. The van der Waals surface area contributed by atoms with Crippen molar-refractivity contribution in [1.82, 2.24) is 15.8 Å². The highest BCUT2D eigenvalue weighted by Crippen LogP contribution is 2.25. The van der Waals surface area contributed by atoms with E-state index < -0.39 is 11.8 Å². The molecule has 1 aromatic heterocycles. The first-order valence-electron chi connectivity index (χ1n) is 7.19. The summed E-state index contributed by atoms with van der Waals surface area (Å²) in [6.07, 6.45) is 4.98. The van der Waals surface area contributed by atoms with Crippen LogP contribution in [0.15, 0.2) is 36.5 Å². The normalized spacial score (nSPS) is 12.5. The molecule has 3 N–H and O–H groups in total. The molecule has 6 nitrogen and oxygen atoms in total. The van der Waals surface area contributed by atoms with Crippen LogP contribution in [0.5, 0.6) is 5.75 Å². The molecule has 1 heterocycles. The summed E-state index contributed by atoms with van der Waals surface area (Å²) < 4.78 is 5.44. The molecule has 0 unspecified atom stereocenters. The number of aryl methyl sites for hydroxylation is 2. The van der Waals surface area contributed by atoms with Gasteiger partial charge in [0, 0.05) is 6.20 Å². The summed E-state index contributed by atoms with van der Waals surface area (Å²) in [5.74, 6) is -0.150. The number of fused-ring (bicyclic) bond motifs is 1. The molecule has 2 aromatic rings. The van der Waals surface area contributed by atoms with Crippen molar-refractivity contribution in [3.8, 4) is 5.75 Å². The van der Waals surface area contributed by atoms with Crippen molar-refractivity contribution < 1.29 is 14.3 Å². The Morgan fingerprint density at radius 2 is 2.00 bits per heavy atom. The number of carbonyl (C=O) groups is 2. The van der Waals surface area contributed by atoms with Gasteiger partial charge in [-0.2, -0.15) is 0 Å². The van der Waals surface area contributed by atoms with Crippen molar-refractivity contribution >= 4 is 11.8 Å². The van der Waals surface area contributed by atoms with Gasteiger partial charge in [-0.05, 0) is 54.7 Å². The Morgan fingerprint density at radius 1 is 1.14 bits per heavy atom. The summed E-state index contributed by atoms with van der Waals surface area (Å²) in [6, 6.07) is 9.21. The van der Waals surface area contributed by atoms with Gasteiger partial charge in [-0.15, -0.1) is 0 Å². The van der Waals surface area contributed by atoms with Gasteiger partial charge in [-0.1, -0.05) is 6.07 Å². The van der Waals surface area contributed by atoms with Crippen molar-refractivity contribution in [2.75, 3.05) is 6.61 Å².